The lowest BCUT2D eigenvalue weighted by molar-refractivity contribution is -0.117. The Kier molecular flexibility index (Phi) is 9.54. The Morgan fingerprint density at radius 3 is 2.66 bits per heavy atom. The van der Waals surface area contributed by atoms with E-state index >= 15 is 0 Å². The van der Waals surface area contributed by atoms with E-state index in [2.05, 4.69) is 43.3 Å². The van der Waals surface area contributed by atoms with Crippen LogP contribution in [0.5, 0.6) is 0 Å². The van der Waals surface area contributed by atoms with Crippen LogP contribution < -0.4 is 4.90 Å². The largest absolute Gasteiger partial charge is 0.462 e. The Bertz CT molecular complexity index is 900. The van der Waals surface area contributed by atoms with Gasteiger partial charge in [-0.15, -0.1) is 11.3 Å². The molecule has 2 heterocycles. The number of aryl methyl sites for hydroxylation is 2. The first-order chi connectivity index (χ1) is 15.6. The lowest BCUT2D eigenvalue weighted by atomic mass is 10.1. The molecule has 0 saturated carbocycles. The summed E-state index contributed by atoms with van der Waals surface area (Å²) < 4.78 is 5.05. The molecule has 0 N–H and O–H groups in total. The predicted octanol–water partition coefficient (Wildman–Crippen LogP) is 6.73. The molecule has 1 aliphatic heterocycles. The first kappa shape index (κ1) is 24.2. The minimum atomic E-state index is -0.244. The minimum Gasteiger partial charge on any atom is -0.462 e. The number of carbonyl (C=O) groups is 2. The summed E-state index contributed by atoms with van der Waals surface area (Å²) in [6.07, 6.45) is 13.7. The van der Waals surface area contributed by atoms with Crippen molar-refractivity contribution in [2.24, 2.45) is 0 Å². The normalized spacial score (nSPS) is 16.2. The molecule has 3 rings (SSSR count). The smallest absolute Gasteiger partial charge is 0.348 e. The molecular formula is C27H35NO3S. The van der Waals surface area contributed by atoms with Crippen LogP contribution in [0.4, 0.5) is 5.69 Å². The van der Waals surface area contributed by atoms with E-state index in [4.69, 9.17) is 4.74 Å². The van der Waals surface area contributed by atoms with Crippen molar-refractivity contribution in [2.45, 2.75) is 77.7 Å². The van der Waals surface area contributed by atoms with Crippen LogP contribution >= 0.6 is 11.3 Å². The fourth-order valence-corrected chi connectivity index (χ4v) is 5.02. The molecule has 32 heavy (non-hydrogen) atoms. The average Bonchev–Trinajstić information content (AvgIpc) is 3.42. The van der Waals surface area contributed by atoms with Gasteiger partial charge >= 0.3 is 5.97 Å². The number of nitrogens with zero attached hydrogens (tertiary/aromatic N) is 1. The highest BCUT2D eigenvalue weighted by Gasteiger charge is 2.30. The summed E-state index contributed by atoms with van der Waals surface area (Å²) in [5, 5.41) is 0. The second kappa shape index (κ2) is 12.6. The molecule has 0 aliphatic carbocycles. The van der Waals surface area contributed by atoms with Crippen LogP contribution in [-0.2, 0) is 22.4 Å². The van der Waals surface area contributed by atoms with Gasteiger partial charge in [0.2, 0.25) is 5.91 Å². The van der Waals surface area contributed by atoms with Gasteiger partial charge in [0.05, 0.1) is 12.6 Å². The summed E-state index contributed by atoms with van der Waals surface area (Å²) in [6.45, 7) is 4.45. The van der Waals surface area contributed by atoms with Gasteiger partial charge in [0.15, 0.2) is 0 Å². The number of esters is 1. The Labute approximate surface area is 196 Å². The third-order valence-electron chi connectivity index (χ3n) is 5.84. The van der Waals surface area contributed by atoms with Crippen LogP contribution in [0.25, 0.3) is 0 Å². The molecule has 0 spiro atoms. The quantitative estimate of drug-likeness (QED) is 0.203. The molecule has 1 atom stereocenters. The van der Waals surface area contributed by atoms with Crippen LogP contribution in [0.1, 0.15) is 78.9 Å². The number of anilines is 1. The van der Waals surface area contributed by atoms with E-state index in [1.807, 2.05) is 24.0 Å². The van der Waals surface area contributed by atoms with E-state index in [9.17, 15) is 9.59 Å². The number of hydrogen-bond acceptors (Lipinski definition) is 4. The highest BCUT2D eigenvalue weighted by atomic mass is 32.1. The highest BCUT2D eigenvalue weighted by molar-refractivity contribution is 7.13. The molecule has 1 saturated heterocycles. The average molecular weight is 454 g/mol. The predicted molar refractivity (Wildman–Crippen MR) is 133 cm³/mol. The second-order valence-electron chi connectivity index (χ2n) is 8.30. The van der Waals surface area contributed by atoms with Crippen molar-refractivity contribution in [1.82, 2.24) is 0 Å². The highest BCUT2D eigenvalue weighted by Crippen LogP contribution is 2.28. The zero-order valence-electron chi connectivity index (χ0n) is 19.3. The maximum Gasteiger partial charge on any atom is 0.348 e. The van der Waals surface area contributed by atoms with Crippen LogP contribution in [0.3, 0.4) is 0 Å². The van der Waals surface area contributed by atoms with Gasteiger partial charge in [0.25, 0.3) is 0 Å². The third kappa shape index (κ3) is 6.80. The molecule has 0 bridgehead atoms. The summed E-state index contributed by atoms with van der Waals surface area (Å²) in [5.41, 5.74) is 2.35. The van der Waals surface area contributed by atoms with Crippen LogP contribution in [0.2, 0.25) is 0 Å². The summed E-state index contributed by atoms with van der Waals surface area (Å²) in [4.78, 5) is 28.1. The first-order valence-electron chi connectivity index (χ1n) is 12.0. The number of thiophene rings is 1. The van der Waals surface area contributed by atoms with Gasteiger partial charge in [0, 0.05) is 17.0 Å². The standard InChI is InChI=1S/C27H35NO3S/c1-3-5-6-7-10-21-13-15-23(16-14-21)28-22(17-20-26(28)29)11-8-9-12-24-18-19-25(32-24)27(30)31-4-2/h8,11,13-16,18-19,22H,3-7,9-10,12,17,20H2,1-2H3/b11-8-/t22-/m0/s1. The van der Waals surface area contributed by atoms with E-state index in [0.717, 1.165) is 31.4 Å². The van der Waals surface area contributed by atoms with Crippen molar-refractivity contribution in [3.63, 3.8) is 0 Å². The number of amides is 1. The molecule has 0 unspecified atom stereocenters. The number of allylic oxidation sites excluding steroid dienone is 1. The number of unbranched alkanes of at least 4 members (excludes halogenated alkanes) is 3. The lowest BCUT2D eigenvalue weighted by Gasteiger charge is -2.23. The molecule has 1 fully saturated rings. The molecule has 5 heteroatoms. The topological polar surface area (TPSA) is 46.6 Å². The van der Waals surface area contributed by atoms with Crippen molar-refractivity contribution in [3.05, 3.63) is 63.9 Å². The van der Waals surface area contributed by atoms with Gasteiger partial charge in [-0.05, 0) is 68.9 Å². The zero-order chi connectivity index (χ0) is 22.8. The first-order valence-corrected chi connectivity index (χ1v) is 12.8. The van der Waals surface area contributed by atoms with Crippen LogP contribution in [0, 0.1) is 0 Å². The van der Waals surface area contributed by atoms with E-state index in [-0.39, 0.29) is 17.9 Å². The van der Waals surface area contributed by atoms with Gasteiger partial charge in [0.1, 0.15) is 4.88 Å². The van der Waals surface area contributed by atoms with Crippen molar-refractivity contribution in [2.75, 3.05) is 11.5 Å². The van der Waals surface area contributed by atoms with Crippen LogP contribution in [0.15, 0.2) is 48.6 Å². The Morgan fingerprint density at radius 2 is 1.91 bits per heavy atom. The van der Waals surface area contributed by atoms with E-state index in [1.165, 1.54) is 47.5 Å². The number of hydrogen-bond donors (Lipinski definition) is 0. The Balaban J connectivity index is 1.52. The molecule has 172 valence electrons. The monoisotopic (exact) mass is 453 g/mol. The molecule has 1 aliphatic rings. The van der Waals surface area contributed by atoms with Crippen molar-refractivity contribution in [1.29, 1.82) is 0 Å². The van der Waals surface area contributed by atoms with Gasteiger partial charge in [-0.25, -0.2) is 4.79 Å². The molecule has 1 aromatic carbocycles. The number of rotatable bonds is 12. The molecular weight excluding hydrogens is 418 g/mol. The summed E-state index contributed by atoms with van der Waals surface area (Å²) in [7, 11) is 0. The summed E-state index contributed by atoms with van der Waals surface area (Å²) in [6, 6.07) is 12.5. The van der Waals surface area contributed by atoms with Crippen molar-refractivity contribution < 1.29 is 14.3 Å². The van der Waals surface area contributed by atoms with E-state index in [1.54, 1.807) is 0 Å². The molecule has 1 aromatic heterocycles. The molecule has 0 radical (unpaired) electrons. The fraction of sp³-hybridized carbons (Fsp3) is 0.481. The number of carbonyl (C=O) groups excluding carboxylic acids is 2. The lowest BCUT2D eigenvalue weighted by Crippen LogP contribution is -2.31. The molecule has 2 aromatic rings. The second-order valence-corrected chi connectivity index (χ2v) is 9.47. The van der Waals surface area contributed by atoms with E-state index in [0.29, 0.717) is 17.9 Å². The van der Waals surface area contributed by atoms with Gasteiger partial charge < -0.3 is 9.64 Å². The van der Waals surface area contributed by atoms with E-state index < -0.39 is 0 Å². The maximum atomic E-state index is 12.5. The molecule has 4 nitrogen and oxygen atoms in total. The van der Waals surface area contributed by atoms with Crippen LogP contribution in [-0.4, -0.2) is 24.5 Å². The summed E-state index contributed by atoms with van der Waals surface area (Å²) in [5.74, 6) is -0.0425. The SMILES string of the molecule is CCCCCCc1ccc(N2C(=O)CC[C@@H]2/C=C\CCc2ccc(C(=O)OCC)s2)cc1. The number of ether oxygens (including phenoxy) is 1. The summed E-state index contributed by atoms with van der Waals surface area (Å²) >= 11 is 1.50. The van der Waals surface area contributed by atoms with Crippen molar-refractivity contribution in [3.8, 4) is 0 Å². The Hall–Kier alpha value is -2.40. The van der Waals surface area contributed by atoms with Gasteiger partial charge in [-0.2, -0.15) is 0 Å². The van der Waals surface area contributed by atoms with Gasteiger partial charge in [-0.3, -0.25) is 4.79 Å². The number of benzene rings is 1. The van der Waals surface area contributed by atoms with Gasteiger partial charge in [-0.1, -0.05) is 50.5 Å². The van der Waals surface area contributed by atoms with Crippen molar-refractivity contribution >= 4 is 28.9 Å². The minimum absolute atomic E-state index is 0.122. The zero-order valence-corrected chi connectivity index (χ0v) is 20.2. The molecule has 1 amide bonds. The third-order valence-corrected chi connectivity index (χ3v) is 6.97. The maximum absolute atomic E-state index is 12.5. The fourth-order valence-electron chi connectivity index (χ4n) is 4.11. The Morgan fingerprint density at radius 1 is 1.09 bits per heavy atom.